The van der Waals surface area contributed by atoms with Crippen LogP contribution in [0, 0.1) is 0 Å². The average molecular weight is 297 g/mol. The lowest BCUT2D eigenvalue weighted by molar-refractivity contribution is -0.122. The highest BCUT2D eigenvalue weighted by Crippen LogP contribution is 2.28. The Bertz CT molecular complexity index is 531. The fraction of sp³-hybridized carbons (Fsp3) is 0.429. The third-order valence-electron chi connectivity index (χ3n) is 2.87. The van der Waals surface area contributed by atoms with E-state index in [4.69, 9.17) is 16.3 Å². The van der Waals surface area contributed by atoms with Crippen molar-refractivity contribution in [3.63, 3.8) is 0 Å². The first-order valence-electron chi connectivity index (χ1n) is 6.52. The van der Waals surface area contributed by atoms with Gasteiger partial charge in [0.25, 0.3) is 0 Å². The van der Waals surface area contributed by atoms with Crippen LogP contribution in [0.3, 0.4) is 0 Å². The lowest BCUT2D eigenvalue weighted by Gasteiger charge is -2.14. The molecular formula is C14H17ClN2O3. The zero-order chi connectivity index (χ0) is 14.7. The predicted molar refractivity (Wildman–Crippen MR) is 77.0 cm³/mol. The maximum atomic E-state index is 11.9. The fourth-order valence-corrected chi connectivity index (χ4v) is 2.19. The SMILES string of the molecule is CC(C)Oc1ccc(NC(=O)C2CCC(=O)N2)cc1Cl. The Morgan fingerprint density at radius 3 is 2.80 bits per heavy atom. The number of amides is 2. The second-order valence-electron chi connectivity index (χ2n) is 4.96. The normalized spacial score (nSPS) is 18.0. The van der Waals surface area contributed by atoms with Crippen LogP contribution < -0.4 is 15.4 Å². The van der Waals surface area contributed by atoms with E-state index >= 15 is 0 Å². The maximum absolute atomic E-state index is 11.9. The molecule has 0 bridgehead atoms. The van der Waals surface area contributed by atoms with Crippen LogP contribution in [0.2, 0.25) is 5.02 Å². The fourth-order valence-electron chi connectivity index (χ4n) is 1.97. The Kier molecular flexibility index (Phi) is 4.49. The summed E-state index contributed by atoms with van der Waals surface area (Å²) in [6.07, 6.45) is 0.939. The minimum Gasteiger partial charge on any atom is -0.489 e. The monoisotopic (exact) mass is 296 g/mol. The Labute approximate surface area is 122 Å². The predicted octanol–water partition coefficient (Wildman–Crippen LogP) is 2.34. The number of carbonyl (C=O) groups is 2. The van der Waals surface area contributed by atoms with Gasteiger partial charge in [-0.25, -0.2) is 0 Å². The number of nitrogens with one attached hydrogen (secondary N) is 2. The van der Waals surface area contributed by atoms with Gasteiger partial charge in [0.05, 0.1) is 11.1 Å². The van der Waals surface area contributed by atoms with Gasteiger partial charge in [-0.3, -0.25) is 9.59 Å². The molecule has 0 radical (unpaired) electrons. The molecule has 20 heavy (non-hydrogen) atoms. The Morgan fingerprint density at radius 1 is 1.50 bits per heavy atom. The van der Waals surface area contributed by atoms with Crippen molar-refractivity contribution < 1.29 is 14.3 Å². The van der Waals surface area contributed by atoms with Crippen molar-refractivity contribution in [1.29, 1.82) is 0 Å². The molecule has 1 aliphatic rings. The number of hydrogen-bond donors (Lipinski definition) is 2. The molecule has 0 aliphatic carbocycles. The molecule has 108 valence electrons. The molecule has 0 spiro atoms. The minimum absolute atomic E-state index is 0.0293. The van der Waals surface area contributed by atoms with E-state index in [0.717, 1.165) is 0 Å². The summed E-state index contributed by atoms with van der Waals surface area (Å²) in [5.41, 5.74) is 0.581. The molecule has 2 rings (SSSR count). The molecule has 2 amide bonds. The van der Waals surface area contributed by atoms with Crippen molar-refractivity contribution in [1.82, 2.24) is 5.32 Å². The van der Waals surface area contributed by atoms with E-state index in [9.17, 15) is 9.59 Å². The number of benzene rings is 1. The van der Waals surface area contributed by atoms with Gasteiger partial charge in [0, 0.05) is 12.1 Å². The van der Waals surface area contributed by atoms with Gasteiger partial charge in [-0.05, 0) is 38.5 Å². The van der Waals surface area contributed by atoms with E-state index in [2.05, 4.69) is 10.6 Å². The summed E-state index contributed by atoms with van der Waals surface area (Å²) < 4.78 is 5.52. The van der Waals surface area contributed by atoms with E-state index in [1.165, 1.54) is 0 Å². The second-order valence-corrected chi connectivity index (χ2v) is 5.37. The number of halogens is 1. The smallest absolute Gasteiger partial charge is 0.246 e. The van der Waals surface area contributed by atoms with E-state index in [1.54, 1.807) is 18.2 Å². The zero-order valence-electron chi connectivity index (χ0n) is 11.4. The summed E-state index contributed by atoms with van der Waals surface area (Å²) in [5, 5.41) is 5.79. The van der Waals surface area contributed by atoms with Crippen molar-refractivity contribution >= 4 is 29.1 Å². The highest BCUT2D eigenvalue weighted by molar-refractivity contribution is 6.32. The van der Waals surface area contributed by atoms with Crippen LogP contribution in [0.4, 0.5) is 5.69 Å². The Morgan fingerprint density at radius 2 is 2.25 bits per heavy atom. The number of anilines is 1. The summed E-state index contributed by atoms with van der Waals surface area (Å²) in [5.74, 6) is 0.252. The summed E-state index contributed by atoms with van der Waals surface area (Å²) in [6, 6.07) is 4.60. The highest BCUT2D eigenvalue weighted by Gasteiger charge is 2.27. The van der Waals surface area contributed by atoms with Crippen LogP contribution in [0.1, 0.15) is 26.7 Å². The van der Waals surface area contributed by atoms with Gasteiger partial charge in [0.2, 0.25) is 11.8 Å². The van der Waals surface area contributed by atoms with E-state index in [1.807, 2.05) is 13.8 Å². The molecule has 1 aliphatic heterocycles. The number of rotatable bonds is 4. The quantitative estimate of drug-likeness (QED) is 0.896. The summed E-state index contributed by atoms with van der Waals surface area (Å²) >= 11 is 6.09. The molecule has 5 nitrogen and oxygen atoms in total. The molecule has 1 atom stereocenters. The third kappa shape index (κ3) is 3.63. The molecule has 1 fully saturated rings. The molecule has 6 heteroatoms. The molecule has 1 saturated heterocycles. The molecule has 1 heterocycles. The third-order valence-corrected chi connectivity index (χ3v) is 3.17. The molecule has 1 aromatic carbocycles. The van der Waals surface area contributed by atoms with Crippen LogP contribution in [0.15, 0.2) is 18.2 Å². The van der Waals surface area contributed by atoms with Crippen molar-refractivity contribution in [2.24, 2.45) is 0 Å². The van der Waals surface area contributed by atoms with E-state index in [-0.39, 0.29) is 17.9 Å². The largest absolute Gasteiger partial charge is 0.489 e. The van der Waals surface area contributed by atoms with Crippen LogP contribution in [0.25, 0.3) is 0 Å². The van der Waals surface area contributed by atoms with E-state index in [0.29, 0.717) is 29.3 Å². The molecule has 1 aromatic rings. The van der Waals surface area contributed by atoms with Crippen molar-refractivity contribution in [3.8, 4) is 5.75 Å². The van der Waals surface area contributed by atoms with Gasteiger partial charge in [-0.15, -0.1) is 0 Å². The minimum atomic E-state index is -0.465. The zero-order valence-corrected chi connectivity index (χ0v) is 12.2. The average Bonchev–Trinajstić information content (AvgIpc) is 2.79. The van der Waals surface area contributed by atoms with Gasteiger partial charge in [0.15, 0.2) is 0 Å². The van der Waals surface area contributed by atoms with Gasteiger partial charge < -0.3 is 15.4 Å². The number of hydrogen-bond acceptors (Lipinski definition) is 3. The lowest BCUT2D eigenvalue weighted by atomic mass is 10.2. The molecule has 2 N–H and O–H groups in total. The van der Waals surface area contributed by atoms with Gasteiger partial charge in [-0.1, -0.05) is 11.6 Å². The van der Waals surface area contributed by atoms with Crippen molar-refractivity contribution in [2.75, 3.05) is 5.32 Å². The maximum Gasteiger partial charge on any atom is 0.246 e. The first-order valence-corrected chi connectivity index (χ1v) is 6.90. The summed E-state index contributed by atoms with van der Waals surface area (Å²) in [4.78, 5) is 23.0. The van der Waals surface area contributed by atoms with Crippen LogP contribution in [-0.2, 0) is 9.59 Å². The number of ether oxygens (including phenoxy) is 1. The highest BCUT2D eigenvalue weighted by atomic mass is 35.5. The van der Waals surface area contributed by atoms with Crippen LogP contribution in [0.5, 0.6) is 5.75 Å². The van der Waals surface area contributed by atoms with Crippen molar-refractivity contribution in [3.05, 3.63) is 23.2 Å². The number of carbonyl (C=O) groups excluding carboxylic acids is 2. The second kappa shape index (κ2) is 6.13. The van der Waals surface area contributed by atoms with Gasteiger partial charge in [-0.2, -0.15) is 0 Å². The van der Waals surface area contributed by atoms with Crippen molar-refractivity contribution in [2.45, 2.75) is 38.8 Å². The molecular weight excluding hydrogens is 280 g/mol. The Balaban J connectivity index is 2.01. The molecule has 0 saturated carbocycles. The van der Waals surface area contributed by atoms with Crippen LogP contribution in [-0.4, -0.2) is 24.0 Å². The lowest BCUT2D eigenvalue weighted by Crippen LogP contribution is -2.37. The van der Waals surface area contributed by atoms with Crippen LogP contribution >= 0.6 is 11.6 Å². The molecule has 0 aromatic heterocycles. The first-order chi connectivity index (χ1) is 9.45. The van der Waals surface area contributed by atoms with Gasteiger partial charge in [0.1, 0.15) is 11.8 Å². The van der Waals surface area contributed by atoms with E-state index < -0.39 is 6.04 Å². The summed E-state index contributed by atoms with van der Waals surface area (Å²) in [6.45, 7) is 3.82. The van der Waals surface area contributed by atoms with Gasteiger partial charge >= 0.3 is 0 Å². The summed E-state index contributed by atoms with van der Waals surface area (Å²) in [7, 11) is 0. The Hall–Kier alpha value is -1.75. The molecule has 1 unspecified atom stereocenters. The topological polar surface area (TPSA) is 67.4 Å². The standard InChI is InChI=1S/C14H17ClN2O3/c1-8(2)20-12-5-3-9(7-10(12)15)16-14(19)11-4-6-13(18)17-11/h3,5,7-8,11H,4,6H2,1-2H3,(H,16,19)(H,17,18). The first kappa shape index (κ1) is 14.7.